The quantitative estimate of drug-likeness (QED) is 0.702. The molecule has 0 atom stereocenters. The van der Waals surface area contributed by atoms with Gasteiger partial charge in [0.05, 0.1) is 5.52 Å². The van der Waals surface area contributed by atoms with Gasteiger partial charge in [-0.15, -0.1) is 0 Å². The molecule has 0 spiro atoms. The fraction of sp³-hybridized carbons (Fsp3) is 0.286. The second-order valence-electron chi connectivity index (χ2n) is 6.55. The van der Waals surface area contributed by atoms with E-state index in [1.807, 2.05) is 6.07 Å². The van der Waals surface area contributed by atoms with Crippen LogP contribution < -0.4 is 16.0 Å². The van der Waals surface area contributed by atoms with Gasteiger partial charge in [0, 0.05) is 36.8 Å². The van der Waals surface area contributed by atoms with E-state index in [4.69, 9.17) is 10.7 Å². The fourth-order valence-corrected chi connectivity index (χ4v) is 3.49. The van der Waals surface area contributed by atoms with Crippen LogP contribution in [0.4, 0.5) is 11.5 Å². The van der Waals surface area contributed by atoms with Crippen LogP contribution in [0, 0.1) is 0 Å². The molecule has 0 saturated heterocycles. The maximum absolute atomic E-state index is 5.64. The monoisotopic (exact) mass is 332 g/mol. The summed E-state index contributed by atoms with van der Waals surface area (Å²) in [6.45, 7) is 3.51. The van der Waals surface area contributed by atoms with E-state index < -0.39 is 0 Å². The molecule has 4 heteroatoms. The minimum absolute atomic E-state index is 0.700. The first kappa shape index (κ1) is 15.9. The van der Waals surface area contributed by atoms with Gasteiger partial charge in [0.2, 0.25) is 0 Å². The number of benzene rings is 2. The molecule has 4 rings (SSSR count). The molecule has 0 radical (unpaired) electrons. The van der Waals surface area contributed by atoms with Crippen LogP contribution in [0.3, 0.4) is 0 Å². The summed E-state index contributed by atoms with van der Waals surface area (Å²) < 4.78 is 0. The molecule has 1 aliphatic heterocycles. The van der Waals surface area contributed by atoms with Gasteiger partial charge in [-0.05, 0) is 36.6 Å². The van der Waals surface area contributed by atoms with Crippen LogP contribution >= 0.6 is 0 Å². The maximum atomic E-state index is 5.64. The molecule has 25 heavy (non-hydrogen) atoms. The van der Waals surface area contributed by atoms with Crippen molar-refractivity contribution in [2.75, 3.05) is 29.9 Å². The van der Waals surface area contributed by atoms with E-state index in [0.717, 1.165) is 49.5 Å². The lowest BCUT2D eigenvalue weighted by Gasteiger charge is -2.30. The average molecular weight is 332 g/mol. The van der Waals surface area contributed by atoms with Gasteiger partial charge in [-0.3, -0.25) is 0 Å². The summed E-state index contributed by atoms with van der Waals surface area (Å²) in [7, 11) is 0. The minimum Gasteiger partial charge on any atom is -0.384 e. The van der Waals surface area contributed by atoms with Crippen molar-refractivity contribution >= 4 is 22.4 Å². The number of pyridine rings is 1. The van der Waals surface area contributed by atoms with Crippen molar-refractivity contribution in [2.24, 2.45) is 5.73 Å². The predicted octanol–water partition coefficient (Wildman–Crippen LogP) is 3.56. The van der Waals surface area contributed by atoms with Gasteiger partial charge in [-0.2, -0.15) is 0 Å². The van der Waals surface area contributed by atoms with E-state index >= 15 is 0 Å². The van der Waals surface area contributed by atoms with Gasteiger partial charge in [-0.25, -0.2) is 4.98 Å². The topological polar surface area (TPSA) is 54.2 Å². The fourth-order valence-electron chi connectivity index (χ4n) is 3.49. The van der Waals surface area contributed by atoms with Crippen molar-refractivity contribution in [3.8, 4) is 0 Å². The van der Waals surface area contributed by atoms with E-state index in [0.29, 0.717) is 6.54 Å². The highest BCUT2D eigenvalue weighted by molar-refractivity contribution is 5.93. The number of nitrogens with zero attached hydrogens (tertiary/aromatic N) is 2. The van der Waals surface area contributed by atoms with Crippen LogP contribution in [0.25, 0.3) is 10.9 Å². The Hall–Kier alpha value is -2.59. The van der Waals surface area contributed by atoms with Gasteiger partial charge in [0.1, 0.15) is 5.82 Å². The minimum atomic E-state index is 0.700. The first-order valence-corrected chi connectivity index (χ1v) is 9.00. The van der Waals surface area contributed by atoms with Crippen LogP contribution in [0.5, 0.6) is 0 Å². The molecule has 3 aromatic rings. The Morgan fingerprint density at radius 2 is 1.84 bits per heavy atom. The van der Waals surface area contributed by atoms with E-state index in [2.05, 4.69) is 58.7 Å². The highest BCUT2D eigenvalue weighted by atomic mass is 15.2. The molecule has 0 saturated carbocycles. The molecule has 2 heterocycles. The second kappa shape index (κ2) is 7.11. The zero-order valence-corrected chi connectivity index (χ0v) is 14.4. The summed E-state index contributed by atoms with van der Waals surface area (Å²) in [6.07, 6.45) is 2.03. The third-order valence-corrected chi connectivity index (χ3v) is 4.85. The Kier molecular flexibility index (Phi) is 4.53. The number of aromatic nitrogens is 1. The van der Waals surface area contributed by atoms with Crippen LogP contribution in [0.15, 0.2) is 54.6 Å². The Balaban J connectivity index is 1.68. The van der Waals surface area contributed by atoms with Crippen LogP contribution in [-0.4, -0.2) is 24.6 Å². The number of hydrogen-bond acceptors (Lipinski definition) is 4. The van der Waals surface area contributed by atoms with E-state index in [-0.39, 0.29) is 0 Å². The second-order valence-corrected chi connectivity index (χ2v) is 6.55. The van der Waals surface area contributed by atoms with E-state index in [1.54, 1.807) is 0 Å². The van der Waals surface area contributed by atoms with Crippen molar-refractivity contribution in [3.05, 3.63) is 65.7 Å². The third-order valence-electron chi connectivity index (χ3n) is 4.85. The molecule has 0 unspecified atom stereocenters. The lowest BCUT2D eigenvalue weighted by molar-refractivity contribution is 0.722. The smallest absolute Gasteiger partial charge is 0.131 e. The van der Waals surface area contributed by atoms with Gasteiger partial charge < -0.3 is 16.0 Å². The number of nitrogens with two attached hydrogens (primary N) is 1. The van der Waals surface area contributed by atoms with Crippen molar-refractivity contribution < 1.29 is 0 Å². The molecular weight excluding hydrogens is 308 g/mol. The first-order chi connectivity index (χ1) is 12.3. The Bertz CT molecular complexity index is 875. The Labute approximate surface area is 148 Å². The van der Waals surface area contributed by atoms with Crippen LogP contribution in [0.2, 0.25) is 0 Å². The molecule has 1 aliphatic rings. The Morgan fingerprint density at radius 3 is 2.72 bits per heavy atom. The number of anilines is 2. The van der Waals surface area contributed by atoms with Gasteiger partial charge in [0.25, 0.3) is 0 Å². The Morgan fingerprint density at radius 1 is 1.04 bits per heavy atom. The summed E-state index contributed by atoms with van der Waals surface area (Å²) >= 11 is 0. The van der Waals surface area contributed by atoms with Crippen LogP contribution in [0.1, 0.15) is 17.5 Å². The van der Waals surface area contributed by atoms with E-state index in [1.165, 1.54) is 16.5 Å². The van der Waals surface area contributed by atoms with Crippen molar-refractivity contribution in [1.29, 1.82) is 0 Å². The molecule has 3 N–H and O–H groups in total. The predicted molar refractivity (Wildman–Crippen MR) is 105 cm³/mol. The SMILES string of the molecule is NCCCNc1cc(N2CCc3ccccc3C2)nc2ccccc12. The number of nitrogens with one attached hydrogen (secondary N) is 1. The molecule has 1 aromatic heterocycles. The van der Waals surface area contributed by atoms with Crippen LogP contribution in [-0.2, 0) is 13.0 Å². The maximum Gasteiger partial charge on any atom is 0.131 e. The summed E-state index contributed by atoms with van der Waals surface area (Å²) in [5.41, 5.74) is 10.7. The van der Waals surface area contributed by atoms with Gasteiger partial charge in [-0.1, -0.05) is 42.5 Å². The van der Waals surface area contributed by atoms with Crippen molar-refractivity contribution in [3.63, 3.8) is 0 Å². The number of hydrogen-bond donors (Lipinski definition) is 2. The van der Waals surface area contributed by atoms with E-state index in [9.17, 15) is 0 Å². The summed E-state index contributed by atoms with van der Waals surface area (Å²) in [6, 6.07) is 19.2. The lowest BCUT2D eigenvalue weighted by Crippen LogP contribution is -2.31. The number of para-hydroxylation sites is 1. The first-order valence-electron chi connectivity index (χ1n) is 9.00. The molecule has 4 nitrogen and oxygen atoms in total. The average Bonchev–Trinajstić information content (AvgIpc) is 2.67. The molecule has 2 aromatic carbocycles. The van der Waals surface area contributed by atoms with Gasteiger partial charge in [0.15, 0.2) is 0 Å². The molecule has 128 valence electrons. The summed E-state index contributed by atoms with van der Waals surface area (Å²) in [5, 5.41) is 4.71. The number of fused-ring (bicyclic) bond motifs is 2. The highest BCUT2D eigenvalue weighted by Gasteiger charge is 2.18. The number of rotatable bonds is 5. The molecule has 0 fully saturated rings. The standard InChI is InChI=1S/C21H24N4/c22-11-5-12-23-20-14-21(24-19-9-4-3-8-18(19)20)25-13-10-16-6-1-2-7-17(16)15-25/h1-4,6-9,14H,5,10-13,15,22H2,(H,23,24). The zero-order chi connectivity index (χ0) is 17.1. The highest BCUT2D eigenvalue weighted by Crippen LogP contribution is 2.30. The summed E-state index contributed by atoms with van der Waals surface area (Å²) in [4.78, 5) is 7.30. The molecule has 0 amide bonds. The third kappa shape index (κ3) is 3.30. The van der Waals surface area contributed by atoms with Gasteiger partial charge >= 0.3 is 0 Å². The van der Waals surface area contributed by atoms with Crippen molar-refractivity contribution in [2.45, 2.75) is 19.4 Å². The molecule has 0 bridgehead atoms. The molecule has 0 aliphatic carbocycles. The zero-order valence-electron chi connectivity index (χ0n) is 14.4. The largest absolute Gasteiger partial charge is 0.384 e. The summed E-state index contributed by atoms with van der Waals surface area (Å²) in [5.74, 6) is 1.04. The molecular formula is C21H24N4. The lowest BCUT2D eigenvalue weighted by atomic mass is 10.00. The normalized spacial score (nSPS) is 13.7. The van der Waals surface area contributed by atoms with Crippen molar-refractivity contribution in [1.82, 2.24) is 4.98 Å².